The molecule has 0 spiro atoms. The first kappa shape index (κ1) is 10.1. The fraction of sp³-hybridized carbons (Fsp3) is 1.00. The molecule has 0 aromatic carbocycles. The highest BCUT2D eigenvalue weighted by atomic mass is 16.5. The quantitative estimate of drug-likeness (QED) is 0.731. The topological polar surface area (TPSA) is 24.5 Å². The van der Waals surface area contributed by atoms with Gasteiger partial charge in [-0.1, -0.05) is 0 Å². The van der Waals surface area contributed by atoms with Gasteiger partial charge in [0.15, 0.2) is 0 Å². The van der Waals surface area contributed by atoms with E-state index in [1.54, 1.807) is 0 Å². The molecule has 2 atom stereocenters. The van der Waals surface area contributed by atoms with Crippen LogP contribution in [0.1, 0.15) is 25.7 Å². The van der Waals surface area contributed by atoms with Crippen LogP contribution >= 0.6 is 0 Å². The SMILES string of the molecule is C1CNC(C2CC2)CN(C2CCOC2)C1. The van der Waals surface area contributed by atoms with E-state index in [2.05, 4.69) is 10.2 Å². The van der Waals surface area contributed by atoms with Crippen molar-refractivity contribution in [1.29, 1.82) is 0 Å². The van der Waals surface area contributed by atoms with Crippen molar-refractivity contribution < 1.29 is 4.74 Å². The van der Waals surface area contributed by atoms with Crippen molar-refractivity contribution in [2.45, 2.75) is 37.8 Å². The van der Waals surface area contributed by atoms with Gasteiger partial charge in [-0.2, -0.15) is 0 Å². The molecular weight excluding hydrogens is 188 g/mol. The third kappa shape index (κ3) is 2.35. The summed E-state index contributed by atoms with van der Waals surface area (Å²) in [6.07, 6.45) is 5.45. The Bertz CT molecular complexity index is 212. The summed E-state index contributed by atoms with van der Waals surface area (Å²) in [5.74, 6) is 0.980. The molecule has 3 aliphatic rings. The minimum Gasteiger partial charge on any atom is -0.380 e. The number of hydrogen-bond donors (Lipinski definition) is 1. The molecule has 1 saturated carbocycles. The summed E-state index contributed by atoms with van der Waals surface area (Å²) in [5, 5.41) is 3.71. The highest BCUT2D eigenvalue weighted by Gasteiger charge is 2.35. The molecule has 2 heterocycles. The number of ether oxygens (including phenoxy) is 1. The van der Waals surface area contributed by atoms with Gasteiger partial charge in [0, 0.05) is 25.2 Å². The molecule has 2 aliphatic heterocycles. The Labute approximate surface area is 92.2 Å². The minimum absolute atomic E-state index is 0.714. The van der Waals surface area contributed by atoms with E-state index in [1.807, 2.05) is 0 Å². The molecule has 0 bridgehead atoms. The zero-order chi connectivity index (χ0) is 10.1. The van der Waals surface area contributed by atoms with E-state index in [9.17, 15) is 0 Å². The van der Waals surface area contributed by atoms with Gasteiger partial charge in [0.05, 0.1) is 6.61 Å². The summed E-state index contributed by atoms with van der Waals surface area (Å²) in [7, 11) is 0. The Kier molecular flexibility index (Phi) is 2.95. The van der Waals surface area contributed by atoms with Crippen LogP contribution in [-0.4, -0.2) is 49.8 Å². The van der Waals surface area contributed by atoms with E-state index in [0.717, 1.165) is 25.2 Å². The Morgan fingerprint density at radius 3 is 2.87 bits per heavy atom. The smallest absolute Gasteiger partial charge is 0.0622 e. The number of rotatable bonds is 2. The molecule has 1 aliphatic carbocycles. The van der Waals surface area contributed by atoms with Gasteiger partial charge in [0.1, 0.15) is 0 Å². The third-order valence-corrected chi connectivity index (χ3v) is 4.07. The summed E-state index contributed by atoms with van der Waals surface area (Å²) in [4.78, 5) is 2.68. The molecule has 3 nitrogen and oxygen atoms in total. The summed E-state index contributed by atoms with van der Waals surface area (Å²) in [6, 6.07) is 1.49. The second-order valence-electron chi connectivity index (χ2n) is 5.26. The van der Waals surface area contributed by atoms with Crippen molar-refractivity contribution in [2.75, 3.05) is 32.8 Å². The van der Waals surface area contributed by atoms with Crippen LogP contribution in [0.25, 0.3) is 0 Å². The monoisotopic (exact) mass is 210 g/mol. The van der Waals surface area contributed by atoms with Gasteiger partial charge in [-0.05, 0) is 44.7 Å². The molecule has 0 amide bonds. The van der Waals surface area contributed by atoms with Gasteiger partial charge in [-0.25, -0.2) is 0 Å². The molecule has 0 aromatic heterocycles. The Morgan fingerprint density at radius 2 is 2.13 bits per heavy atom. The van der Waals surface area contributed by atoms with Crippen LogP contribution in [0.4, 0.5) is 0 Å². The predicted octanol–water partition coefficient (Wildman–Crippen LogP) is 0.849. The van der Waals surface area contributed by atoms with Gasteiger partial charge < -0.3 is 10.1 Å². The third-order valence-electron chi connectivity index (χ3n) is 4.07. The van der Waals surface area contributed by atoms with Crippen molar-refractivity contribution in [3.05, 3.63) is 0 Å². The molecule has 15 heavy (non-hydrogen) atoms. The van der Waals surface area contributed by atoms with Crippen LogP contribution in [0, 0.1) is 5.92 Å². The molecule has 3 rings (SSSR count). The summed E-state index contributed by atoms with van der Waals surface area (Å²) in [5.41, 5.74) is 0. The summed E-state index contributed by atoms with van der Waals surface area (Å²) < 4.78 is 5.50. The van der Waals surface area contributed by atoms with Crippen molar-refractivity contribution in [1.82, 2.24) is 10.2 Å². The van der Waals surface area contributed by atoms with Crippen LogP contribution in [0.2, 0.25) is 0 Å². The second-order valence-corrected chi connectivity index (χ2v) is 5.26. The molecule has 0 radical (unpaired) electrons. The first-order chi connectivity index (χ1) is 7.43. The van der Waals surface area contributed by atoms with Gasteiger partial charge >= 0.3 is 0 Å². The van der Waals surface area contributed by atoms with Crippen LogP contribution in [0.15, 0.2) is 0 Å². The van der Waals surface area contributed by atoms with Crippen LogP contribution in [-0.2, 0) is 4.74 Å². The van der Waals surface area contributed by atoms with Crippen molar-refractivity contribution >= 4 is 0 Å². The normalized spacial score (nSPS) is 39.2. The van der Waals surface area contributed by atoms with Gasteiger partial charge in [0.25, 0.3) is 0 Å². The lowest BCUT2D eigenvalue weighted by Crippen LogP contribution is -2.44. The maximum absolute atomic E-state index is 5.50. The second kappa shape index (κ2) is 4.40. The Morgan fingerprint density at radius 1 is 1.20 bits per heavy atom. The molecule has 86 valence electrons. The zero-order valence-corrected chi connectivity index (χ0v) is 9.45. The molecule has 0 aromatic rings. The number of hydrogen-bond acceptors (Lipinski definition) is 3. The highest BCUT2D eigenvalue weighted by molar-refractivity contribution is 4.91. The molecule has 1 N–H and O–H groups in total. The molecule has 3 fully saturated rings. The average molecular weight is 210 g/mol. The van der Waals surface area contributed by atoms with Crippen LogP contribution < -0.4 is 5.32 Å². The largest absolute Gasteiger partial charge is 0.380 e. The maximum Gasteiger partial charge on any atom is 0.0622 e. The van der Waals surface area contributed by atoms with Crippen LogP contribution in [0.5, 0.6) is 0 Å². The molecule has 2 saturated heterocycles. The zero-order valence-electron chi connectivity index (χ0n) is 9.45. The average Bonchev–Trinajstić information content (AvgIpc) is 3.00. The van der Waals surface area contributed by atoms with Crippen molar-refractivity contribution in [3.63, 3.8) is 0 Å². The maximum atomic E-state index is 5.50. The Balaban J connectivity index is 1.60. The number of nitrogens with one attached hydrogen (secondary N) is 1. The Hall–Kier alpha value is -0.120. The van der Waals surface area contributed by atoms with E-state index < -0.39 is 0 Å². The van der Waals surface area contributed by atoms with Gasteiger partial charge in [-0.15, -0.1) is 0 Å². The fourth-order valence-corrected chi connectivity index (χ4v) is 2.93. The first-order valence-corrected chi connectivity index (χ1v) is 6.48. The molecular formula is C12H22N2O. The lowest BCUT2D eigenvalue weighted by atomic mass is 10.1. The molecule has 3 heteroatoms. The van der Waals surface area contributed by atoms with Crippen molar-refractivity contribution in [2.24, 2.45) is 5.92 Å². The number of nitrogens with zero attached hydrogens (tertiary/aromatic N) is 1. The van der Waals surface area contributed by atoms with Gasteiger partial charge in [0.2, 0.25) is 0 Å². The summed E-state index contributed by atoms with van der Waals surface area (Å²) >= 11 is 0. The van der Waals surface area contributed by atoms with E-state index in [-0.39, 0.29) is 0 Å². The first-order valence-electron chi connectivity index (χ1n) is 6.48. The van der Waals surface area contributed by atoms with E-state index >= 15 is 0 Å². The minimum atomic E-state index is 0.714. The van der Waals surface area contributed by atoms with E-state index in [1.165, 1.54) is 45.3 Å². The fourth-order valence-electron chi connectivity index (χ4n) is 2.93. The van der Waals surface area contributed by atoms with Crippen molar-refractivity contribution in [3.8, 4) is 0 Å². The van der Waals surface area contributed by atoms with E-state index in [0.29, 0.717) is 6.04 Å². The lowest BCUT2D eigenvalue weighted by molar-refractivity contribution is 0.140. The highest BCUT2D eigenvalue weighted by Crippen LogP contribution is 2.34. The van der Waals surface area contributed by atoms with E-state index in [4.69, 9.17) is 4.74 Å². The summed E-state index contributed by atoms with van der Waals surface area (Å²) in [6.45, 7) is 5.69. The van der Waals surface area contributed by atoms with Gasteiger partial charge in [-0.3, -0.25) is 4.90 Å². The van der Waals surface area contributed by atoms with Crippen LogP contribution in [0.3, 0.4) is 0 Å². The standard InChI is InChI=1S/C12H22N2O/c1-5-13-12(10-2-3-10)8-14(6-1)11-4-7-15-9-11/h10-13H,1-9H2. The molecule has 2 unspecified atom stereocenters. The predicted molar refractivity (Wildman–Crippen MR) is 59.9 cm³/mol. The lowest BCUT2D eigenvalue weighted by Gasteiger charge is -2.29.